The van der Waals surface area contributed by atoms with Crippen LogP contribution in [-0.4, -0.2) is 48.7 Å². The quantitative estimate of drug-likeness (QED) is 0.530. The summed E-state index contributed by atoms with van der Waals surface area (Å²) < 4.78 is 11.0. The van der Waals surface area contributed by atoms with E-state index in [0.717, 1.165) is 43.6 Å². The number of ether oxygens (including phenoxy) is 2. The monoisotopic (exact) mass is 367 g/mol. The van der Waals surface area contributed by atoms with Gasteiger partial charge in [-0.1, -0.05) is 6.07 Å². The zero-order valence-electron chi connectivity index (χ0n) is 15.5. The molecule has 1 fully saturated rings. The number of ketones is 1. The first kappa shape index (κ1) is 19.9. The summed E-state index contributed by atoms with van der Waals surface area (Å²) in [6.07, 6.45) is 3.85. The van der Waals surface area contributed by atoms with Crippen LogP contribution in [0, 0.1) is 5.92 Å². The Bertz CT molecular complexity index is 550. The van der Waals surface area contributed by atoms with Crippen LogP contribution in [0.3, 0.4) is 0 Å². The van der Waals surface area contributed by atoms with Gasteiger partial charge in [0.25, 0.3) is 0 Å². The van der Waals surface area contributed by atoms with Crippen LogP contribution in [0.2, 0.25) is 0 Å². The summed E-state index contributed by atoms with van der Waals surface area (Å²) in [5.41, 5.74) is -0.451. The number of Topliss-reactive ketones (excluding diaryl/α,β-unsaturated/α-hetero) is 1. The Balaban J connectivity index is 1.62. The van der Waals surface area contributed by atoms with Gasteiger partial charge in [-0.05, 0) is 63.8 Å². The van der Waals surface area contributed by atoms with E-state index in [0.29, 0.717) is 12.5 Å². The Labute approximate surface area is 154 Å². The van der Waals surface area contributed by atoms with Gasteiger partial charge in [0, 0.05) is 19.7 Å². The van der Waals surface area contributed by atoms with Crippen LogP contribution in [0.1, 0.15) is 56.1 Å². The van der Waals surface area contributed by atoms with Gasteiger partial charge in [-0.15, -0.1) is 11.3 Å². The van der Waals surface area contributed by atoms with Crippen LogP contribution in [0.25, 0.3) is 0 Å². The summed E-state index contributed by atoms with van der Waals surface area (Å²) in [5.74, 6) is 0.529. The normalized spacial score (nSPS) is 18.2. The van der Waals surface area contributed by atoms with E-state index in [1.165, 1.54) is 11.3 Å². The largest absolute Gasteiger partial charge is 0.444 e. The number of carbonyl (C=O) groups is 2. The molecule has 1 aliphatic rings. The van der Waals surface area contributed by atoms with Crippen molar-refractivity contribution < 1.29 is 19.1 Å². The predicted octanol–water partition coefficient (Wildman–Crippen LogP) is 4.37. The van der Waals surface area contributed by atoms with Crippen LogP contribution in [0.15, 0.2) is 17.5 Å². The highest BCUT2D eigenvalue weighted by Gasteiger charge is 2.27. The molecule has 0 N–H and O–H groups in total. The second kappa shape index (κ2) is 9.34. The van der Waals surface area contributed by atoms with Crippen LogP contribution >= 0.6 is 11.3 Å². The van der Waals surface area contributed by atoms with Gasteiger partial charge in [-0.3, -0.25) is 4.79 Å². The highest BCUT2D eigenvalue weighted by Crippen LogP contribution is 2.22. The standard InChI is InChI=1S/C19H29NO4S/c1-19(2,3)24-18(22)20-10-4-7-15(13-20)8-5-11-23-14-16(21)17-9-6-12-25-17/h6,9,12,15H,4-5,7-8,10-11,13-14H2,1-3H3/t15-/m1/s1. The first-order chi connectivity index (χ1) is 11.8. The number of likely N-dealkylation sites (tertiary alicyclic amines) is 1. The SMILES string of the molecule is CC(C)(C)OC(=O)N1CCC[C@H](CCCOCC(=O)c2cccs2)C1. The Morgan fingerprint density at radius 1 is 1.36 bits per heavy atom. The maximum absolute atomic E-state index is 12.2. The van der Waals surface area contributed by atoms with Gasteiger partial charge in [0.05, 0.1) is 4.88 Å². The molecule has 1 saturated heterocycles. The number of piperidine rings is 1. The van der Waals surface area contributed by atoms with Crippen molar-refractivity contribution in [1.29, 1.82) is 0 Å². The van der Waals surface area contributed by atoms with Crippen molar-refractivity contribution in [2.75, 3.05) is 26.3 Å². The van der Waals surface area contributed by atoms with E-state index in [9.17, 15) is 9.59 Å². The average Bonchev–Trinajstić information content (AvgIpc) is 3.07. The Morgan fingerprint density at radius 2 is 2.16 bits per heavy atom. The van der Waals surface area contributed by atoms with Crippen LogP contribution < -0.4 is 0 Å². The number of hydrogen-bond donors (Lipinski definition) is 0. The average molecular weight is 368 g/mol. The smallest absolute Gasteiger partial charge is 0.410 e. The summed E-state index contributed by atoms with van der Waals surface area (Å²) in [7, 11) is 0. The molecule has 2 heterocycles. The van der Waals surface area contributed by atoms with Crippen molar-refractivity contribution in [1.82, 2.24) is 4.90 Å². The molecular weight excluding hydrogens is 338 g/mol. The minimum Gasteiger partial charge on any atom is -0.444 e. The molecule has 5 nitrogen and oxygen atoms in total. The van der Waals surface area contributed by atoms with E-state index in [2.05, 4.69) is 0 Å². The summed E-state index contributed by atoms with van der Waals surface area (Å²) >= 11 is 1.45. The number of nitrogens with zero attached hydrogens (tertiary/aromatic N) is 1. The first-order valence-electron chi connectivity index (χ1n) is 8.97. The molecule has 0 aliphatic carbocycles. The minimum absolute atomic E-state index is 0.0452. The van der Waals surface area contributed by atoms with E-state index >= 15 is 0 Å². The van der Waals surface area contributed by atoms with Crippen LogP contribution in [-0.2, 0) is 9.47 Å². The Morgan fingerprint density at radius 3 is 2.84 bits per heavy atom. The van der Waals surface area contributed by atoms with Gasteiger partial charge in [-0.25, -0.2) is 4.79 Å². The molecule has 2 rings (SSSR count). The van der Waals surface area contributed by atoms with Crippen LogP contribution in [0.4, 0.5) is 4.79 Å². The summed E-state index contributed by atoms with van der Waals surface area (Å²) in [4.78, 5) is 26.6. The van der Waals surface area contributed by atoms with Gasteiger partial charge in [0.1, 0.15) is 12.2 Å². The van der Waals surface area contributed by atoms with Crippen molar-refractivity contribution in [3.63, 3.8) is 0 Å². The summed E-state index contributed by atoms with van der Waals surface area (Å²) in [5, 5.41) is 1.90. The fourth-order valence-electron chi connectivity index (χ4n) is 2.94. The summed E-state index contributed by atoms with van der Waals surface area (Å²) in [6.45, 7) is 7.93. The fraction of sp³-hybridized carbons (Fsp3) is 0.684. The number of amides is 1. The third-order valence-corrected chi connectivity index (χ3v) is 5.01. The molecule has 1 aliphatic heterocycles. The molecule has 25 heavy (non-hydrogen) atoms. The van der Waals surface area contributed by atoms with E-state index < -0.39 is 5.60 Å². The third-order valence-electron chi connectivity index (χ3n) is 4.10. The third kappa shape index (κ3) is 7.16. The zero-order chi connectivity index (χ0) is 18.3. The second-order valence-corrected chi connectivity index (χ2v) is 8.48. The fourth-order valence-corrected chi connectivity index (χ4v) is 3.59. The molecule has 140 valence electrons. The maximum Gasteiger partial charge on any atom is 0.410 e. The molecule has 0 saturated carbocycles. The molecule has 1 atom stereocenters. The van der Waals surface area contributed by atoms with Gasteiger partial charge in [-0.2, -0.15) is 0 Å². The molecule has 0 aromatic carbocycles. The zero-order valence-corrected chi connectivity index (χ0v) is 16.3. The highest BCUT2D eigenvalue weighted by atomic mass is 32.1. The lowest BCUT2D eigenvalue weighted by Gasteiger charge is -2.34. The molecule has 0 spiro atoms. The van der Waals surface area contributed by atoms with Crippen molar-refractivity contribution in [2.24, 2.45) is 5.92 Å². The lowest BCUT2D eigenvalue weighted by molar-refractivity contribution is 0.0155. The highest BCUT2D eigenvalue weighted by molar-refractivity contribution is 7.12. The number of hydrogen-bond acceptors (Lipinski definition) is 5. The summed E-state index contributed by atoms with van der Waals surface area (Å²) in [6, 6.07) is 3.70. The van der Waals surface area contributed by atoms with Crippen LogP contribution in [0.5, 0.6) is 0 Å². The number of rotatable bonds is 7. The topological polar surface area (TPSA) is 55.8 Å². The molecule has 1 aromatic rings. The van der Waals surface area contributed by atoms with Gasteiger partial charge < -0.3 is 14.4 Å². The lowest BCUT2D eigenvalue weighted by Crippen LogP contribution is -2.42. The van der Waals surface area contributed by atoms with Gasteiger partial charge in [0.2, 0.25) is 0 Å². The van der Waals surface area contributed by atoms with E-state index in [-0.39, 0.29) is 18.5 Å². The van der Waals surface area contributed by atoms with E-state index in [1.807, 2.05) is 43.2 Å². The van der Waals surface area contributed by atoms with E-state index in [1.54, 1.807) is 0 Å². The molecule has 6 heteroatoms. The van der Waals surface area contributed by atoms with Crippen molar-refractivity contribution in [3.8, 4) is 0 Å². The predicted molar refractivity (Wildman–Crippen MR) is 99.2 cm³/mol. The molecule has 0 unspecified atom stereocenters. The van der Waals surface area contributed by atoms with E-state index in [4.69, 9.17) is 9.47 Å². The molecule has 1 amide bonds. The molecule has 0 radical (unpaired) electrons. The Kier molecular flexibility index (Phi) is 7.44. The van der Waals surface area contributed by atoms with Gasteiger partial charge >= 0.3 is 6.09 Å². The lowest BCUT2D eigenvalue weighted by atomic mass is 9.94. The molecule has 1 aromatic heterocycles. The van der Waals surface area contributed by atoms with Crippen molar-refractivity contribution in [3.05, 3.63) is 22.4 Å². The van der Waals surface area contributed by atoms with Crippen molar-refractivity contribution in [2.45, 2.75) is 52.1 Å². The molecular formula is C19H29NO4S. The number of thiophene rings is 1. The minimum atomic E-state index is -0.451. The maximum atomic E-state index is 12.2. The molecule has 0 bridgehead atoms. The van der Waals surface area contributed by atoms with Gasteiger partial charge in [0.15, 0.2) is 5.78 Å². The van der Waals surface area contributed by atoms with Crippen molar-refractivity contribution >= 4 is 23.2 Å². The Hall–Kier alpha value is -1.40. The second-order valence-electron chi connectivity index (χ2n) is 7.53. The number of carbonyl (C=O) groups excluding carboxylic acids is 2. The first-order valence-corrected chi connectivity index (χ1v) is 9.85.